The summed E-state index contributed by atoms with van der Waals surface area (Å²) in [4.78, 5) is 44.2. The van der Waals surface area contributed by atoms with Crippen molar-refractivity contribution in [2.24, 2.45) is 0 Å². The third-order valence-electron chi connectivity index (χ3n) is 7.02. The number of amides is 3. The lowest BCUT2D eigenvalue weighted by molar-refractivity contribution is -0.146. The molecule has 4 rings (SSSR count). The number of hydrogen-bond donors (Lipinski definition) is 1. The number of rotatable bonds is 5. The molecule has 2 aliphatic heterocycles. The van der Waals surface area contributed by atoms with Gasteiger partial charge in [-0.3, -0.25) is 19.3 Å². The molecule has 13 heteroatoms. The summed E-state index contributed by atoms with van der Waals surface area (Å²) in [5.74, 6) is -0.569. The Labute approximate surface area is 235 Å². The van der Waals surface area contributed by atoms with Crippen molar-refractivity contribution in [2.45, 2.75) is 18.8 Å². The Kier molecular flexibility index (Phi) is 9.71. The Bertz CT molecular complexity index is 1260. The van der Waals surface area contributed by atoms with Gasteiger partial charge in [-0.2, -0.15) is 13.2 Å². The molecule has 1 atom stereocenters. The predicted molar refractivity (Wildman–Crippen MR) is 142 cm³/mol. The molecule has 2 aromatic rings. The molecule has 10 nitrogen and oxygen atoms in total. The second kappa shape index (κ2) is 13.2. The topological polar surface area (TPSA) is 101 Å². The van der Waals surface area contributed by atoms with Gasteiger partial charge in [-0.25, -0.2) is 0 Å². The molecule has 0 bridgehead atoms. The Balaban J connectivity index is 1.65. The average Bonchev–Trinajstić information content (AvgIpc) is 2.95. The van der Waals surface area contributed by atoms with Gasteiger partial charge in [0.1, 0.15) is 24.7 Å². The first-order valence-electron chi connectivity index (χ1n) is 13.1. The molecule has 1 fully saturated rings. The van der Waals surface area contributed by atoms with Crippen LogP contribution in [0.2, 0.25) is 0 Å². The van der Waals surface area contributed by atoms with E-state index >= 15 is 0 Å². The van der Waals surface area contributed by atoms with Crippen LogP contribution in [0.4, 0.5) is 13.2 Å². The zero-order valence-electron chi connectivity index (χ0n) is 22.9. The molecule has 2 heterocycles. The lowest BCUT2D eigenvalue weighted by atomic mass is 10.1. The number of methoxy groups -OCH3 is 2. The highest BCUT2D eigenvalue weighted by atomic mass is 19.4. The van der Waals surface area contributed by atoms with Gasteiger partial charge in [0, 0.05) is 46.4 Å². The number of ether oxygens (including phenoxy) is 3. The van der Waals surface area contributed by atoms with Crippen LogP contribution in [0, 0.1) is 0 Å². The highest BCUT2D eigenvalue weighted by molar-refractivity contribution is 5.97. The molecule has 1 N–H and O–H groups in total. The lowest BCUT2D eigenvalue weighted by Gasteiger charge is -2.42. The van der Waals surface area contributed by atoms with Gasteiger partial charge in [-0.15, -0.1) is 0 Å². The van der Waals surface area contributed by atoms with Crippen LogP contribution in [0.25, 0.3) is 0 Å². The Morgan fingerprint density at radius 2 is 1.90 bits per heavy atom. The van der Waals surface area contributed by atoms with Gasteiger partial charge in [-0.1, -0.05) is 12.1 Å². The summed E-state index contributed by atoms with van der Waals surface area (Å²) in [6.45, 7) is 1.13. The van der Waals surface area contributed by atoms with Gasteiger partial charge in [0.15, 0.2) is 0 Å². The third kappa shape index (κ3) is 7.67. The normalized spacial score (nSPS) is 19.1. The van der Waals surface area contributed by atoms with E-state index in [-0.39, 0.29) is 69.1 Å². The number of alkyl halides is 3. The molecular formula is C28H33F3N4O6. The number of halogens is 3. The second-order valence-electron chi connectivity index (χ2n) is 9.85. The summed E-state index contributed by atoms with van der Waals surface area (Å²) in [5, 5.41) is 2.66. The number of nitrogens with one attached hydrogen (secondary N) is 1. The first-order valence-corrected chi connectivity index (χ1v) is 13.1. The van der Waals surface area contributed by atoms with Crippen LogP contribution in [0.5, 0.6) is 11.5 Å². The Morgan fingerprint density at radius 1 is 1.10 bits per heavy atom. The maximum absolute atomic E-state index is 13.6. The van der Waals surface area contributed by atoms with Crippen molar-refractivity contribution in [3.63, 3.8) is 0 Å². The van der Waals surface area contributed by atoms with E-state index in [1.807, 2.05) is 23.1 Å². The molecule has 0 aliphatic carbocycles. The van der Waals surface area contributed by atoms with E-state index in [4.69, 9.17) is 14.2 Å². The van der Waals surface area contributed by atoms with Gasteiger partial charge in [0.25, 0.3) is 5.91 Å². The number of fused-ring (bicyclic) bond motifs is 2. The minimum atomic E-state index is -4.65. The summed E-state index contributed by atoms with van der Waals surface area (Å²) in [6.07, 6.45) is -4.65. The molecule has 41 heavy (non-hydrogen) atoms. The first kappa shape index (κ1) is 30.1. The molecular weight excluding hydrogens is 545 g/mol. The van der Waals surface area contributed by atoms with Gasteiger partial charge in [-0.05, 0) is 35.9 Å². The number of hydrogen-bond acceptors (Lipinski definition) is 7. The third-order valence-corrected chi connectivity index (χ3v) is 7.02. The largest absolute Gasteiger partial charge is 0.497 e. The van der Waals surface area contributed by atoms with E-state index in [9.17, 15) is 27.6 Å². The lowest BCUT2D eigenvalue weighted by Crippen LogP contribution is -2.60. The average molecular weight is 579 g/mol. The van der Waals surface area contributed by atoms with Crippen LogP contribution >= 0.6 is 0 Å². The quantitative estimate of drug-likeness (QED) is 0.580. The molecule has 3 amide bonds. The van der Waals surface area contributed by atoms with Crippen LogP contribution < -0.4 is 14.8 Å². The summed E-state index contributed by atoms with van der Waals surface area (Å²) in [6, 6.07) is 9.47. The SMILES string of the molecule is COCC(=O)N1CCN2C(=O)CN(Cc3cccc(OC)c3)CCNC(=O)c3cc(C(F)(F)F)ccc3OC[C@@H]2C1. The highest BCUT2D eigenvalue weighted by Crippen LogP contribution is 2.33. The van der Waals surface area contributed by atoms with E-state index in [0.717, 1.165) is 23.8 Å². The molecule has 0 aromatic heterocycles. The van der Waals surface area contributed by atoms with Crippen molar-refractivity contribution in [3.8, 4) is 11.5 Å². The van der Waals surface area contributed by atoms with Crippen LogP contribution in [0.1, 0.15) is 21.5 Å². The molecule has 1 saturated heterocycles. The molecule has 0 radical (unpaired) electrons. The van der Waals surface area contributed by atoms with E-state index < -0.39 is 23.7 Å². The maximum atomic E-state index is 13.6. The minimum Gasteiger partial charge on any atom is -0.497 e. The van der Waals surface area contributed by atoms with Gasteiger partial charge in [0.05, 0.1) is 30.8 Å². The van der Waals surface area contributed by atoms with Gasteiger partial charge in [0.2, 0.25) is 11.8 Å². The van der Waals surface area contributed by atoms with Crippen LogP contribution in [0.15, 0.2) is 42.5 Å². The molecule has 2 aromatic carbocycles. The number of benzene rings is 2. The number of nitrogens with zero attached hydrogens (tertiary/aromatic N) is 3. The zero-order chi connectivity index (χ0) is 29.6. The monoisotopic (exact) mass is 578 g/mol. The number of carbonyl (C=O) groups excluding carboxylic acids is 3. The van der Waals surface area contributed by atoms with E-state index in [2.05, 4.69) is 5.32 Å². The first-order chi connectivity index (χ1) is 19.6. The van der Waals surface area contributed by atoms with Crippen molar-refractivity contribution < 1.29 is 41.8 Å². The fourth-order valence-corrected chi connectivity index (χ4v) is 4.91. The number of carbonyl (C=O) groups is 3. The van der Waals surface area contributed by atoms with Crippen molar-refractivity contribution in [1.29, 1.82) is 0 Å². The smallest absolute Gasteiger partial charge is 0.416 e. The van der Waals surface area contributed by atoms with Crippen LogP contribution in [0.3, 0.4) is 0 Å². The molecule has 0 unspecified atom stereocenters. The molecule has 222 valence electrons. The second-order valence-corrected chi connectivity index (χ2v) is 9.85. The summed E-state index contributed by atoms with van der Waals surface area (Å²) in [7, 11) is 2.96. The fourth-order valence-electron chi connectivity index (χ4n) is 4.91. The van der Waals surface area contributed by atoms with Gasteiger partial charge < -0.3 is 29.3 Å². The number of piperazine rings is 1. The Morgan fingerprint density at radius 3 is 2.63 bits per heavy atom. The Hall–Kier alpha value is -3.84. The molecule has 2 aliphatic rings. The van der Waals surface area contributed by atoms with Crippen molar-refractivity contribution in [1.82, 2.24) is 20.0 Å². The zero-order valence-corrected chi connectivity index (χ0v) is 22.9. The van der Waals surface area contributed by atoms with Crippen molar-refractivity contribution in [3.05, 3.63) is 59.2 Å². The standard InChI is InChI=1S/C28H33F3N4O6/c1-39-18-26(37)34-10-11-35-21(15-34)17-41-24-7-6-20(28(29,30)31)13-23(24)27(38)32-8-9-33(16-25(35)36)14-19-4-3-5-22(12-19)40-2/h3-7,12-13,21H,8-11,14-18H2,1-2H3,(H,32,38)/t21-/m0/s1. The van der Waals surface area contributed by atoms with E-state index in [0.29, 0.717) is 18.8 Å². The van der Waals surface area contributed by atoms with Crippen molar-refractivity contribution in [2.75, 3.05) is 66.7 Å². The summed E-state index contributed by atoms with van der Waals surface area (Å²) < 4.78 is 56.5. The highest BCUT2D eigenvalue weighted by Gasteiger charge is 2.35. The fraction of sp³-hybridized carbons (Fsp3) is 0.464. The predicted octanol–water partition coefficient (Wildman–Crippen LogP) is 2.02. The van der Waals surface area contributed by atoms with Crippen LogP contribution in [-0.4, -0.2) is 105 Å². The van der Waals surface area contributed by atoms with Gasteiger partial charge >= 0.3 is 6.18 Å². The summed E-state index contributed by atoms with van der Waals surface area (Å²) >= 11 is 0. The van der Waals surface area contributed by atoms with Crippen molar-refractivity contribution >= 4 is 17.7 Å². The van der Waals surface area contributed by atoms with E-state index in [1.165, 1.54) is 7.11 Å². The van der Waals surface area contributed by atoms with Crippen LogP contribution in [-0.2, 0) is 27.0 Å². The van der Waals surface area contributed by atoms with E-state index in [1.54, 1.807) is 23.0 Å². The maximum Gasteiger partial charge on any atom is 0.416 e. The minimum absolute atomic E-state index is 0.0147. The molecule has 0 saturated carbocycles. The summed E-state index contributed by atoms with van der Waals surface area (Å²) in [5.41, 5.74) is -0.369. The molecule has 0 spiro atoms.